The van der Waals surface area contributed by atoms with Crippen LogP contribution < -0.4 is 4.90 Å². The van der Waals surface area contributed by atoms with Gasteiger partial charge < -0.3 is 4.90 Å². The third-order valence-electron chi connectivity index (χ3n) is 5.98. The largest absolute Gasteiger partial charge is 0.356 e. The first-order valence-electron chi connectivity index (χ1n) is 11.0. The van der Waals surface area contributed by atoms with E-state index in [1.165, 1.54) is 36.6 Å². The van der Waals surface area contributed by atoms with Crippen LogP contribution in [0.2, 0.25) is 0 Å². The van der Waals surface area contributed by atoms with E-state index in [0.717, 1.165) is 40.9 Å². The second-order valence-corrected chi connectivity index (χ2v) is 10.1. The molecule has 0 radical (unpaired) electrons. The Morgan fingerprint density at radius 3 is 2.62 bits per heavy atom. The number of thioether (sulfide) groups is 1. The molecule has 0 N–H and O–H groups in total. The average Bonchev–Trinajstić information content (AvgIpc) is 3.07. The second kappa shape index (κ2) is 9.04. The number of hydrogen-bond donors (Lipinski definition) is 0. The zero-order valence-corrected chi connectivity index (χ0v) is 19.7. The van der Waals surface area contributed by atoms with Crippen LogP contribution in [0.4, 0.5) is 5.82 Å². The third-order valence-corrected chi connectivity index (χ3v) is 7.36. The normalized spacial score (nSPS) is 18.2. The number of rotatable bonds is 4. The molecule has 2 saturated heterocycles. The number of thiocarbonyl (C=S) groups is 1. The Morgan fingerprint density at radius 2 is 1.84 bits per heavy atom. The van der Waals surface area contributed by atoms with Crippen molar-refractivity contribution in [1.82, 2.24) is 9.88 Å². The number of aromatic nitrogens is 1. The molecule has 0 spiro atoms. The molecule has 2 aromatic carbocycles. The molecule has 3 heterocycles. The zero-order valence-electron chi connectivity index (χ0n) is 18.1. The molecule has 1 aromatic heterocycles. The van der Waals surface area contributed by atoms with E-state index in [2.05, 4.69) is 36.1 Å². The Hall–Kier alpha value is -2.70. The van der Waals surface area contributed by atoms with E-state index < -0.39 is 0 Å². The molecule has 162 valence electrons. The molecule has 0 bridgehead atoms. The lowest BCUT2D eigenvalue weighted by Gasteiger charge is -2.29. The van der Waals surface area contributed by atoms with Crippen LogP contribution in [0.3, 0.4) is 0 Å². The molecule has 2 fully saturated rings. The number of nitrogens with zero attached hydrogens (tertiary/aromatic N) is 3. The molecule has 2 aliphatic heterocycles. The van der Waals surface area contributed by atoms with Crippen molar-refractivity contribution >= 4 is 57.0 Å². The van der Waals surface area contributed by atoms with Crippen molar-refractivity contribution in [1.29, 1.82) is 0 Å². The van der Waals surface area contributed by atoms with Gasteiger partial charge in [-0.1, -0.05) is 65.9 Å². The predicted octanol–water partition coefficient (Wildman–Crippen LogP) is 5.93. The Kier molecular flexibility index (Phi) is 5.98. The zero-order chi connectivity index (χ0) is 22.1. The van der Waals surface area contributed by atoms with Crippen molar-refractivity contribution in [2.24, 2.45) is 0 Å². The highest BCUT2D eigenvalue weighted by Crippen LogP contribution is 2.36. The van der Waals surface area contributed by atoms with Crippen LogP contribution in [-0.2, 0) is 11.3 Å². The molecule has 0 atom stereocenters. The van der Waals surface area contributed by atoms with Gasteiger partial charge in [-0.3, -0.25) is 9.69 Å². The number of fused-ring (bicyclic) bond motifs is 1. The average molecular weight is 460 g/mol. The number of hydrogen-bond acceptors (Lipinski definition) is 5. The van der Waals surface area contributed by atoms with Gasteiger partial charge in [0.05, 0.1) is 17.0 Å². The number of pyridine rings is 1. The van der Waals surface area contributed by atoms with E-state index in [9.17, 15) is 4.79 Å². The minimum atomic E-state index is -0.0298. The number of piperidine rings is 1. The van der Waals surface area contributed by atoms with Crippen LogP contribution in [0.15, 0.2) is 59.5 Å². The summed E-state index contributed by atoms with van der Waals surface area (Å²) in [5.74, 6) is 0.937. The first-order chi connectivity index (χ1) is 15.6. The van der Waals surface area contributed by atoms with Gasteiger partial charge in [0.25, 0.3) is 5.91 Å². The predicted molar refractivity (Wildman–Crippen MR) is 138 cm³/mol. The molecule has 2 aliphatic rings. The maximum absolute atomic E-state index is 13.2. The van der Waals surface area contributed by atoms with Crippen molar-refractivity contribution in [2.75, 3.05) is 18.0 Å². The highest BCUT2D eigenvalue weighted by atomic mass is 32.2. The maximum atomic E-state index is 13.2. The Bertz CT molecular complexity index is 1220. The van der Waals surface area contributed by atoms with Crippen molar-refractivity contribution in [2.45, 2.75) is 32.7 Å². The smallest absolute Gasteiger partial charge is 0.266 e. The quantitative estimate of drug-likeness (QED) is 0.357. The van der Waals surface area contributed by atoms with Gasteiger partial charge in [0, 0.05) is 24.0 Å². The lowest BCUT2D eigenvalue weighted by atomic mass is 10.1. The van der Waals surface area contributed by atoms with E-state index in [4.69, 9.17) is 17.2 Å². The second-order valence-electron chi connectivity index (χ2n) is 8.40. The topological polar surface area (TPSA) is 36.4 Å². The first-order valence-corrected chi connectivity index (χ1v) is 12.3. The lowest BCUT2D eigenvalue weighted by molar-refractivity contribution is -0.122. The van der Waals surface area contributed by atoms with Gasteiger partial charge in [-0.25, -0.2) is 4.98 Å². The summed E-state index contributed by atoms with van der Waals surface area (Å²) in [5.41, 5.74) is 4.25. The summed E-state index contributed by atoms with van der Waals surface area (Å²) in [7, 11) is 0. The van der Waals surface area contributed by atoms with Gasteiger partial charge in [0.1, 0.15) is 10.1 Å². The first kappa shape index (κ1) is 21.2. The molecule has 32 heavy (non-hydrogen) atoms. The van der Waals surface area contributed by atoms with E-state index in [1.54, 1.807) is 4.90 Å². The van der Waals surface area contributed by atoms with Crippen LogP contribution in [0.1, 0.15) is 36.0 Å². The third kappa shape index (κ3) is 4.30. The van der Waals surface area contributed by atoms with Gasteiger partial charge >= 0.3 is 0 Å². The summed E-state index contributed by atoms with van der Waals surface area (Å²) in [6.45, 7) is 4.59. The number of aryl methyl sites for hydroxylation is 1. The maximum Gasteiger partial charge on any atom is 0.266 e. The molecular formula is C26H25N3OS2. The minimum Gasteiger partial charge on any atom is -0.356 e. The molecule has 0 saturated carbocycles. The summed E-state index contributed by atoms with van der Waals surface area (Å²) in [5, 5.41) is 1.09. The molecule has 3 aromatic rings. The van der Waals surface area contributed by atoms with Crippen molar-refractivity contribution in [3.05, 3.63) is 76.2 Å². The number of carbonyl (C=O) groups excluding carboxylic acids is 1. The highest BCUT2D eigenvalue weighted by Gasteiger charge is 2.32. The Balaban J connectivity index is 1.53. The summed E-state index contributed by atoms with van der Waals surface area (Å²) in [4.78, 5) is 23.0. The van der Waals surface area contributed by atoms with Crippen LogP contribution in [0, 0.1) is 6.92 Å². The number of carbonyl (C=O) groups is 1. The number of benzene rings is 2. The molecule has 5 rings (SSSR count). The molecule has 1 amide bonds. The van der Waals surface area contributed by atoms with Gasteiger partial charge in [-0.2, -0.15) is 0 Å². The summed E-state index contributed by atoms with van der Waals surface area (Å²) < 4.78 is 0.606. The fraction of sp³-hybridized carbons (Fsp3) is 0.269. The number of amides is 1. The van der Waals surface area contributed by atoms with Gasteiger partial charge in [0.15, 0.2) is 0 Å². The Labute approximate surface area is 198 Å². The fourth-order valence-electron chi connectivity index (χ4n) is 4.31. The molecule has 0 unspecified atom stereocenters. The molecular weight excluding hydrogens is 434 g/mol. The summed E-state index contributed by atoms with van der Waals surface area (Å²) in [6.07, 6.45) is 5.60. The van der Waals surface area contributed by atoms with E-state index >= 15 is 0 Å². The minimum absolute atomic E-state index is 0.0298. The van der Waals surface area contributed by atoms with Gasteiger partial charge in [-0.15, -0.1) is 0 Å². The summed E-state index contributed by atoms with van der Waals surface area (Å²) in [6, 6.07) is 18.5. The standard InChI is InChI=1S/C26H25N3OS2/c1-18-10-11-22-20(14-18)15-21(24(27-22)28-12-6-3-7-13-28)16-23-25(30)29(26(31)32-23)17-19-8-4-2-5-9-19/h2,4-5,8-11,14-16H,3,6-7,12-13,17H2,1H3/b23-16-. The molecule has 0 aliphatic carbocycles. The van der Waals surface area contributed by atoms with E-state index in [1.807, 2.05) is 36.4 Å². The van der Waals surface area contributed by atoms with Gasteiger partial charge in [-0.05, 0) is 56.0 Å². The van der Waals surface area contributed by atoms with Crippen LogP contribution >= 0.6 is 24.0 Å². The molecule has 6 heteroatoms. The van der Waals surface area contributed by atoms with Crippen molar-refractivity contribution in [3.63, 3.8) is 0 Å². The molecule has 4 nitrogen and oxygen atoms in total. The highest BCUT2D eigenvalue weighted by molar-refractivity contribution is 8.26. The van der Waals surface area contributed by atoms with Crippen LogP contribution in [0.25, 0.3) is 17.0 Å². The van der Waals surface area contributed by atoms with E-state index in [-0.39, 0.29) is 5.91 Å². The van der Waals surface area contributed by atoms with Gasteiger partial charge in [0.2, 0.25) is 0 Å². The Morgan fingerprint density at radius 1 is 1.06 bits per heavy atom. The van der Waals surface area contributed by atoms with Crippen molar-refractivity contribution < 1.29 is 4.79 Å². The fourth-order valence-corrected chi connectivity index (χ4v) is 5.56. The van der Waals surface area contributed by atoms with Crippen molar-refractivity contribution in [3.8, 4) is 0 Å². The SMILES string of the molecule is Cc1ccc2nc(N3CCCCC3)c(/C=C3\SC(=S)N(Cc4ccccc4)C3=O)cc2c1. The lowest BCUT2D eigenvalue weighted by Crippen LogP contribution is -2.30. The van der Waals surface area contributed by atoms with Crippen LogP contribution in [0.5, 0.6) is 0 Å². The van der Waals surface area contributed by atoms with Crippen LogP contribution in [-0.4, -0.2) is 33.2 Å². The number of anilines is 1. The monoisotopic (exact) mass is 459 g/mol. The van der Waals surface area contributed by atoms with E-state index in [0.29, 0.717) is 15.8 Å². The summed E-state index contributed by atoms with van der Waals surface area (Å²) >= 11 is 6.95.